The molecule has 1 aliphatic rings. The van der Waals surface area contributed by atoms with Crippen molar-refractivity contribution in [2.45, 2.75) is 31.6 Å². The summed E-state index contributed by atoms with van der Waals surface area (Å²) in [6.45, 7) is 1.94. The van der Waals surface area contributed by atoms with Crippen LogP contribution >= 0.6 is 15.9 Å². The summed E-state index contributed by atoms with van der Waals surface area (Å²) in [5, 5.41) is 2.75. The number of pyridine rings is 1. The van der Waals surface area contributed by atoms with Crippen LogP contribution in [0.4, 0.5) is 5.82 Å². The minimum Gasteiger partial charge on any atom is -0.336 e. The summed E-state index contributed by atoms with van der Waals surface area (Å²) in [5.41, 5.74) is 1.53. The Morgan fingerprint density at radius 1 is 1.23 bits per heavy atom. The van der Waals surface area contributed by atoms with E-state index in [1.165, 1.54) is 4.90 Å². The summed E-state index contributed by atoms with van der Waals surface area (Å²) in [6.07, 6.45) is 4.31. The van der Waals surface area contributed by atoms with Crippen LogP contribution in [0, 0.1) is 6.92 Å². The summed E-state index contributed by atoms with van der Waals surface area (Å²) in [5.74, 6) is 0.254. The largest absolute Gasteiger partial charge is 0.336 e. The fraction of sp³-hybridized carbons (Fsp3) is 0.350. The number of hydrogen-bond acceptors (Lipinski definition) is 3. The molecule has 1 fully saturated rings. The van der Waals surface area contributed by atoms with Crippen LogP contribution in [0.5, 0.6) is 0 Å². The van der Waals surface area contributed by atoms with E-state index in [2.05, 4.69) is 26.2 Å². The quantitative estimate of drug-likeness (QED) is 0.809. The number of hydrogen-bond donors (Lipinski definition) is 1. The number of nitrogens with zero attached hydrogens (tertiary/aromatic N) is 2. The Hall–Kier alpha value is -2.21. The molecule has 2 amide bonds. The van der Waals surface area contributed by atoms with Crippen molar-refractivity contribution < 1.29 is 9.59 Å². The number of carbonyl (C=O) groups is 2. The lowest BCUT2D eigenvalue weighted by Crippen LogP contribution is -2.51. The van der Waals surface area contributed by atoms with Crippen molar-refractivity contribution >= 4 is 33.6 Å². The van der Waals surface area contributed by atoms with E-state index >= 15 is 0 Å². The molecular formula is C20H22BrN3O2. The van der Waals surface area contributed by atoms with Gasteiger partial charge in [0.25, 0.3) is 0 Å². The SMILES string of the molecule is Cc1ccnc(NC(=O)CN(C)C(=O)C2(c3ccc(Br)cc3)CCC2)c1. The van der Waals surface area contributed by atoms with Crippen LogP contribution in [0.25, 0.3) is 0 Å². The fourth-order valence-corrected chi connectivity index (χ4v) is 3.63. The molecule has 5 nitrogen and oxygen atoms in total. The first-order valence-corrected chi connectivity index (χ1v) is 9.44. The molecule has 0 saturated heterocycles. The average molecular weight is 416 g/mol. The zero-order valence-corrected chi connectivity index (χ0v) is 16.5. The molecular weight excluding hydrogens is 394 g/mol. The lowest BCUT2D eigenvalue weighted by molar-refractivity contribution is -0.141. The summed E-state index contributed by atoms with van der Waals surface area (Å²) in [4.78, 5) is 31.0. The minimum absolute atomic E-state index is 0.00146. The van der Waals surface area contributed by atoms with Crippen LogP contribution in [0.15, 0.2) is 47.1 Å². The molecule has 3 rings (SSSR count). The van der Waals surface area contributed by atoms with Gasteiger partial charge in [-0.3, -0.25) is 9.59 Å². The molecule has 1 saturated carbocycles. The monoisotopic (exact) mass is 415 g/mol. The number of carbonyl (C=O) groups excluding carboxylic acids is 2. The zero-order chi connectivity index (χ0) is 18.7. The van der Waals surface area contributed by atoms with Crippen LogP contribution in [0.1, 0.15) is 30.4 Å². The van der Waals surface area contributed by atoms with Crippen molar-refractivity contribution in [1.29, 1.82) is 0 Å². The van der Waals surface area contributed by atoms with Crippen LogP contribution in [0.2, 0.25) is 0 Å². The van der Waals surface area contributed by atoms with Gasteiger partial charge in [-0.2, -0.15) is 0 Å². The van der Waals surface area contributed by atoms with Gasteiger partial charge in [0.05, 0.1) is 12.0 Å². The summed E-state index contributed by atoms with van der Waals surface area (Å²) in [7, 11) is 1.69. The van der Waals surface area contributed by atoms with Gasteiger partial charge in [0.2, 0.25) is 11.8 Å². The molecule has 0 radical (unpaired) electrons. The molecule has 6 heteroatoms. The van der Waals surface area contributed by atoms with E-state index < -0.39 is 5.41 Å². The molecule has 0 bridgehead atoms. The molecule has 2 aromatic rings. The number of nitrogens with one attached hydrogen (secondary N) is 1. The Morgan fingerprint density at radius 2 is 1.92 bits per heavy atom. The van der Waals surface area contributed by atoms with Crippen LogP contribution in [-0.2, 0) is 15.0 Å². The topological polar surface area (TPSA) is 62.3 Å². The first kappa shape index (κ1) is 18.6. The van der Waals surface area contributed by atoms with E-state index in [0.717, 1.165) is 34.9 Å². The standard InChI is InChI=1S/C20H22BrN3O2/c1-14-8-11-22-17(12-14)23-18(25)13-24(2)19(26)20(9-3-10-20)15-4-6-16(21)7-5-15/h4-8,11-12H,3,9-10,13H2,1-2H3,(H,22,23,25). The molecule has 0 aliphatic heterocycles. The highest BCUT2D eigenvalue weighted by Crippen LogP contribution is 2.45. The van der Waals surface area contributed by atoms with Crippen molar-refractivity contribution in [3.05, 3.63) is 58.2 Å². The maximum atomic E-state index is 13.1. The second-order valence-corrected chi connectivity index (χ2v) is 7.79. The van der Waals surface area contributed by atoms with E-state index in [1.54, 1.807) is 19.3 Å². The van der Waals surface area contributed by atoms with E-state index in [9.17, 15) is 9.59 Å². The number of halogens is 1. The van der Waals surface area contributed by atoms with Crippen molar-refractivity contribution in [2.24, 2.45) is 0 Å². The molecule has 1 aromatic heterocycles. The van der Waals surface area contributed by atoms with Gasteiger partial charge in [0.1, 0.15) is 5.82 Å². The molecule has 1 aromatic carbocycles. The number of anilines is 1. The van der Waals surface area contributed by atoms with Crippen molar-refractivity contribution in [2.75, 3.05) is 18.9 Å². The lowest BCUT2D eigenvalue weighted by Gasteiger charge is -2.43. The van der Waals surface area contributed by atoms with E-state index in [1.807, 2.05) is 37.3 Å². The number of likely N-dealkylation sites (N-methyl/N-ethyl adjacent to an activating group) is 1. The summed E-state index contributed by atoms with van der Waals surface area (Å²) in [6, 6.07) is 11.6. The van der Waals surface area contributed by atoms with Crippen molar-refractivity contribution in [1.82, 2.24) is 9.88 Å². The summed E-state index contributed by atoms with van der Waals surface area (Å²) < 4.78 is 0.988. The first-order valence-electron chi connectivity index (χ1n) is 8.65. The fourth-order valence-electron chi connectivity index (χ4n) is 3.36. The van der Waals surface area contributed by atoms with Gasteiger partial charge in [-0.1, -0.05) is 34.5 Å². The Bertz CT molecular complexity index is 816. The van der Waals surface area contributed by atoms with Gasteiger partial charge in [-0.15, -0.1) is 0 Å². The van der Waals surface area contributed by atoms with Gasteiger partial charge in [-0.05, 0) is 55.2 Å². The molecule has 0 spiro atoms. The van der Waals surface area contributed by atoms with Crippen molar-refractivity contribution in [3.8, 4) is 0 Å². The first-order chi connectivity index (χ1) is 12.4. The highest BCUT2D eigenvalue weighted by molar-refractivity contribution is 9.10. The molecule has 1 heterocycles. The number of rotatable bonds is 5. The second kappa shape index (κ2) is 7.58. The summed E-state index contributed by atoms with van der Waals surface area (Å²) >= 11 is 3.43. The van der Waals surface area contributed by atoms with Crippen molar-refractivity contribution in [3.63, 3.8) is 0 Å². The molecule has 0 unspecified atom stereocenters. The van der Waals surface area contributed by atoms with Gasteiger partial charge >= 0.3 is 0 Å². The van der Waals surface area contributed by atoms with E-state index in [-0.39, 0.29) is 18.4 Å². The van der Waals surface area contributed by atoms with Gasteiger partial charge < -0.3 is 10.2 Å². The van der Waals surface area contributed by atoms with Crippen LogP contribution < -0.4 is 5.32 Å². The third kappa shape index (κ3) is 3.80. The van der Waals surface area contributed by atoms with Gasteiger partial charge in [0, 0.05) is 17.7 Å². The third-order valence-electron chi connectivity index (χ3n) is 4.92. The van der Waals surface area contributed by atoms with E-state index in [4.69, 9.17) is 0 Å². The molecule has 26 heavy (non-hydrogen) atoms. The van der Waals surface area contributed by atoms with Crippen LogP contribution in [0.3, 0.4) is 0 Å². The minimum atomic E-state index is -0.503. The van der Waals surface area contributed by atoms with Gasteiger partial charge in [0.15, 0.2) is 0 Å². The maximum Gasteiger partial charge on any atom is 0.245 e. The highest BCUT2D eigenvalue weighted by atomic mass is 79.9. The molecule has 136 valence electrons. The lowest BCUT2D eigenvalue weighted by atomic mass is 9.63. The predicted molar refractivity (Wildman–Crippen MR) is 105 cm³/mol. The van der Waals surface area contributed by atoms with Crippen LogP contribution in [-0.4, -0.2) is 35.3 Å². The number of aryl methyl sites for hydroxylation is 1. The predicted octanol–water partition coefficient (Wildman–Crippen LogP) is 3.67. The Morgan fingerprint density at radius 3 is 2.50 bits per heavy atom. The molecule has 1 aliphatic carbocycles. The molecule has 0 atom stereocenters. The highest BCUT2D eigenvalue weighted by Gasteiger charge is 2.47. The van der Waals surface area contributed by atoms with Gasteiger partial charge in [-0.25, -0.2) is 4.98 Å². The molecule has 1 N–H and O–H groups in total. The Kier molecular flexibility index (Phi) is 5.41. The normalized spacial score (nSPS) is 15.0. The maximum absolute atomic E-state index is 13.1. The Labute approximate surface area is 161 Å². The number of amides is 2. The zero-order valence-electron chi connectivity index (χ0n) is 15.0. The smallest absolute Gasteiger partial charge is 0.245 e. The second-order valence-electron chi connectivity index (χ2n) is 6.87. The average Bonchev–Trinajstić information content (AvgIpc) is 2.55. The van der Waals surface area contributed by atoms with E-state index in [0.29, 0.717) is 5.82 Å². The number of aromatic nitrogens is 1. The Balaban J connectivity index is 1.68. The number of benzene rings is 1. The third-order valence-corrected chi connectivity index (χ3v) is 5.45.